The molecule has 0 unspecified atom stereocenters. The van der Waals surface area contributed by atoms with Crippen LogP contribution in [0.25, 0.3) is 0 Å². The van der Waals surface area contributed by atoms with Gasteiger partial charge in [-0.25, -0.2) is 9.59 Å². The molecule has 0 spiro atoms. The standard InChI is InChI=1S/C21H18O4/c1-15-9-8-14-18(24-20(22)16-10-4-2-5-11-16)19(15)25-21(23)17-12-6-3-7-13-17/h2-14,18-19H,1H3/t18-,19+/m1/s1. The van der Waals surface area contributed by atoms with Gasteiger partial charge in [0.25, 0.3) is 0 Å². The summed E-state index contributed by atoms with van der Waals surface area (Å²) in [6.07, 6.45) is 4.05. The average molecular weight is 334 g/mol. The first-order chi connectivity index (χ1) is 12.1. The van der Waals surface area contributed by atoms with Crippen LogP contribution in [0.3, 0.4) is 0 Å². The van der Waals surface area contributed by atoms with Crippen molar-refractivity contribution in [3.63, 3.8) is 0 Å². The van der Waals surface area contributed by atoms with Gasteiger partial charge in [-0.15, -0.1) is 0 Å². The zero-order chi connectivity index (χ0) is 17.6. The SMILES string of the molecule is CC1=CC=C[C@@H](OC(=O)c2ccccc2)[C@H]1OC(=O)c1ccccc1. The number of carbonyl (C=O) groups excluding carboxylic acids is 2. The van der Waals surface area contributed by atoms with E-state index in [1.165, 1.54) is 0 Å². The zero-order valence-corrected chi connectivity index (χ0v) is 13.8. The number of hydrogen-bond donors (Lipinski definition) is 0. The van der Waals surface area contributed by atoms with Gasteiger partial charge in [-0.1, -0.05) is 48.6 Å². The molecule has 25 heavy (non-hydrogen) atoms. The molecule has 1 aliphatic carbocycles. The Morgan fingerprint density at radius 1 is 0.800 bits per heavy atom. The second-order valence-electron chi connectivity index (χ2n) is 5.72. The lowest BCUT2D eigenvalue weighted by molar-refractivity contribution is -0.0110. The molecular formula is C21H18O4. The molecule has 4 heteroatoms. The Kier molecular flexibility index (Phi) is 5.09. The maximum Gasteiger partial charge on any atom is 0.338 e. The summed E-state index contributed by atoms with van der Waals surface area (Å²) >= 11 is 0. The topological polar surface area (TPSA) is 52.6 Å². The predicted octanol–water partition coefficient (Wildman–Crippen LogP) is 3.95. The van der Waals surface area contributed by atoms with E-state index in [4.69, 9.17) is 9.47 Å². The van der Waals surface area contributed by atoms with Crippen LogP contribution >= 0.6 is 0 Å². The monoisotopic (exact) mass is 334 g/mol. The molecule has 0 fully saturated rings. The zero-order valence-electron chi connectivity index (χ0n) is 13.8. The quantitative estimate of drug-likeness (QED) is 0.794. The Hall–Kier alpha value is -3.14. The summed E-state index contributed by atoms with van der Waals surface area (Å²) in [4.78, 5) is 24.7. The van der Waals surface area contributed by atoms with E-state index in [1.807, 2.05) is 25.1 Å². The van der Waals surface area contributed by atoms with E-state index in [-0.39, 0.29) is 0 Å². The van der Waals surface area contributed by atoms with Gasteiger partial charge >= 0.3 is 11.9 Å². The van der Waals surface area contributed by atoms with Crippen molar-refractivity contribution in [1.29, 1.82) is 0 Å². The van der Waals surface area contributed by atoms with E-state index in [9.17, 15) is 9.59 Å². The molecule has 0 saturated heterocycles. The molecule has 0 heterocycles. The lowest BCUT2D eigenvalue weighted by Gasteiger charge is -2.27. The molecule has 0 N–H and O–H groups in total. The normalized spacial score (nSPS) is 19.0. The molecule has 2 aromatic carbocycles. The molecule has 0 aliphatic heterocycles. The van der Waals surface area contributed by atoms with Crippen LogP contribution < -0.4 is 0 Å². The van der Waals surface area contributed by atoms with Gasteiger partial charge in [-0.05, 0) is 42.8 Å². The average Bonchev–Trinajstić information content (AvgIpc) is 2.66. The van der Waals surface area contributed by atoms with E-state index in [1.54, 1.807) is 60.7 Å². The third-order valence-electron chi connectivity index (χ3n) is 3.90. The van der Waals surface area contributed by atoms with Gasteiger partial charge in [-0.3, -0.25) is 0 Å². The highest BCUT2D eigenvalue weighted by Gasteiger charge is 2.30. The second-order valence-corrected chi connectivity index (χ2v) is 5.72. The molecule has 4 nitrogen and oxygen atoms in total. The Morgan fingerprint density at radius 3 is 1.88 bits per heavy atom. The van der Waals surface area contributed by atoms with Crippen LogP contribution in [0, 0.1) is 0 Å². The third-order valence-corrected chi connectivity index (χ3v) is 3.90. The largest absolute Gasteiger partial charge is 0.450 e. The van der Waals surface area contributed by atoms with E-state index < -0.39 is 24.1 Å². The minimum absolute atomic E-state index is 0.450. The van der Waals surface area contributed by atoms with Crippen LogP contribution in [0.1, 0.15) is 27.6 Å². The molecule has 3 rings (SSSR count). The van der Waals surface area contributed by atoms with E-state index in [0.717, 1.165) is 5.57 Å². The van der Waals surface area contributed by atoms with Crippen LogP contribution in [-0.2, 0) is 9.47 Å². The van der Waals surface area contributed by atoms with Crippen LogP contribution in [-0.4, -0.2) is 24.1 Å². The lowest BCUT2D eigenvalue weighted by Crippen LogP contribution is -2.36. The highest BCUT2D eigenvalue weighted by atomic mass is 16.6. The number of benzene rings is 2. The summed E-state index contributed by atoms with van der Waals surface area (Å²) < 4.78 is 11.2. The molecule has 0 radical (unpaired) electrons. The predicted molar refractivity (Wildman–Crippen MR) is 94.2 cm³/mol. The molecule has 0 saturated carbocycles. The van der Waals surface area contributed by atoms with Gasteiger partial charge in [0.1, 0.15) is 0 Å². The summed E-state index contributed by atoms with van der Waals surface area (Å²) in [7, 11) is 0. The van der Waals surface area contributed by atoms with Crippen molar-refractivity contribution < 1.29 is 19.1 Å². The van der Waals surface area contributed by atoms with Crippen LogP contribution in [0.15, 0.2) is 84.5 Å². The van der Waals surface area contributed by atoms with Crippen LogP contribution in [0.4, 0.5) is 0 Å². The number of rotatable bonds is 4. The smallest absolute Gasteiger partial charge is 0.338 e. The summed E-state index contributed by atoms with van der Waals surface area (Å²) in [6, 6.07) is 17.5. The van der Waals surface area contributed by atoms with E-state index >= 15 is 0 Å². The minimum Gasteiger partial charge on any atom is -0.450 e. The van der Waals surface area contributed by atoms with Crippen molar-refractivity contribution in [2.45, 2.75) is 19.1 Å². The first kappa shape index (κ1) is 16.7. The van der Waals surface area contributed by atoms with Crippen molar-refractivity contribution in [3.05, 3.63) is 95.6 Å². The molecule has 1 aliphatic rings. The number of esters is 2. The summed E-state index contributed by atoms with van der Waals surface area (Å²) in [5.41, 5.74) is 1.73. The fourth-order valence-electron chi connectivity index (χ4n) is 2.56. The Bertz CT molecular complexity index is 806. The van der Waals surface area contributed by atoms with Crippen molar-refractivity contribution in [1.82, 2.24) is 0 Å². The fourth-order valence-corrected chi connectivity index (χ4v) is 2.56. The maximum absolute atomic E-state index is 12.3. The molecule has 0 bridgehead atoms. The van der Waals surface area contributed by atoms with E-state index in [0.29, 0.717) is 11.1 Å². The summed E-state index contributed by atoms with van der Waals surface area (Å²) in [5, 5.41) is 0. The van der Waals surface area contributed by atoms with Gasteiger partial charge in [0.05, 0.1) is 11.1 Å². The van der Waals surface area contributed by atoms with Crippen molar-refractivity contribution in [2.24, 2.45) is 0 Å². The Labute approximate surface area is 146 Å². The van der Waals surface area contributed by atoms with Crippen molar-refractivity contribution in [3.8, 4) is 0 Å². The third kappa shape index (κ3) is 4.04. The van der Waals surface area contributed by atoms with Crippen LogP contribution in [0.2, 0.25) is 0 Å². The number of ether oxygens (including phenoxy) is 2. The summed E-state index contributed by atoms with van der Waals surface area (Å²) in [6.45, 7) is 1.84. The number of hydrogen-bond acceptors (Lipinski definition) is 4. The first-order valence-corrected chi connectivity index (χ1v) is 8.02. The summed E-state index contributed by atoms with van der Waals surface area (Å²) in [5.74, 6) is -0.903. The maximum atomic E-state index is 12.3. The number of allylic oxidation sites excluding steroid dienone is 2. The van der Waals surface area contributed by atoms with Gasteiger partial charge in [0.15, 0.2) is 12.2 Å². The van der Waals surface area contributed by atoms with Crippen molar-refractivity contribution in [2.75, 3.05) is 0 Å². The molecular weight excluding hydrogens is 316 g/mol. The molecule has 0 amide bonds. The van der Waals surface area contributed by atoms with Crippen molar-refractivity contribution >= 4 is 11.9 Å². The van der Waals surface area contributed by atoms with Gasteiger partial charge in [0.2, 0.25) is 0 Å². The molecule has 0 aromatic heterocycles. The highest BCUT2D eigenvalue weighted by molar-refractivity contribution is 5.90. The molecule has 2 atom stereocenters. The van der Waals surface area contributed by atoms with E-state index in [2.05, 4.69) is 0 Å². The Morgan fingerprint density at radius 2 is 1.32 bits per heavy atom. The van der Waals surface area contributed by atoms with Gasteiger partial charge in [-0.2, -0.15) is 0 Å². The van der Waals surface area contributed by atoms with Gasteiger partial charge in [0, 0.05) is 0 Å². The first-order valence-electron chi connectivity index (χ1n) is 8.02. The number of carbonyl (C=O) groups is 2. The molecule has 126 valence electrons. The van der Waals surface area contributed by atoms with Crippen LogP contribution in [0.5, 0.6) is 0 Å². The molecule has 2 aromatic rings. The lowest BCUT2D eigenvalue weighted by atomic mass is 10.00. The minimum atomic E-state index is -0.662. The second kappa shape index (κ2) is 7.62. The Balaban J connectivity index is 1.74. The highest BCUT2D eigenvalue weighted by Crippen LogP contribution is 2.22. The van der Waals surface area contributed by atoms with Gasteiger partial charge < -0.3 is 9.47 Å². The fraction of sp³-hybridized carbons (Fsp3) is 0.143.